The molecule has 0 spiro atoms. The molecule has 1 fully saturated rings. The van der Waals surface area contributed by atoms with Gasteiger partial charge in [-0.3, -0.25) is 4.68 Å². The van der Waals surface area contributed by atoms with E-state index in [2.05, 4.69) is 23.5 Å². The van der Waals surface area contributed by atoms with Gasteiger partial charge in [0, 0.05) is 12.6 Å². The topological polar surface area (TPSA) is 35.6 Å². The Balaban J connectivity index is 2.30. The Bertz CT molecular complexity index is 592. The molecular weight excluding hydrogens is 248 g/mol. The zero-order valence-corrected chi connectivity index (χ0v) is 12.0. The van der Waals surface area contributed by atoms with Gasteiger partial charge >= 0.3 is 0 Å². The van der Waals surface area contributed by atoms with Gasteiger partial charge in [0.15, 0.2) is 5.65 Å². The molecule has 18 heavy (non-hydrogen) atoms. The van der Waals surface area contributed by atoms with Crippen LogP contribution in [0.4, 0.5) is 0 Å². The summed E-state index contributed by atoms with van der Waals surface area (Å²) >= 11 is 6.08. The molecule has 5 heteroatoms. The molecule has 0 amide bonds. The lowest BCUT2D eigenvalue weighted by molar-refractivity contribution is 0.169. The van der Waals surface area contributed by atoms with Crippen LogP contribution < -0.4 is 0 Å². The van der Waals surface area contributed by atoms with Gasteiger partial charge in [0.1, 0.15) is 11.3 Å². The van der Waals surface area contributed by atoms with E-state index in [1.807, 2.05) is 11.7 Å². The highest BCUT2D eigenvalue weighted by Gasteiger charge is 2.37. The Labute approximate surface area is 112 Å². The van der Waals surface area contributed by atoms with Gasteiger partial charge in [0.2, 0.25) is 0 Å². The second kappa shape index (κ2) is 3.98. The van der Waals surface area contributed by atoms with Crippen molar-refractivity contribution in [2.45, 2.75) is 50.9 Å². The molecule has 1 aliphatic carbocycles. The molecule has 0 atom stereocenters. The Morgan fingerprint density at radius 1 is 1.39 bits per heavy atom. The Morgan fingerprint density at radius 2 is 2.11 bits per heavy atom. The standard InChI is InChI=1S/C13H19ClN4/c1-4-9-11-12(17(3)16-9)18(10(8-14)15-11)13(2)6-5-7-13/h4-8H2,1-3H3. The molecule has 0 N–H and O–H groups in total. The first-order valence-electron chi connectivity index (χ1n) is 6.60. The maximum absolute atomic E-state index is 6.08. The van der Waals surface area contributed by atoms with Crippen LogP contribution in [-0.2, 0) is 24.9 Å². The van der Waals surface area contributed by atoms with Gasteiger partial charge in [-0.1, -0.05) is 6.92 Å². The summed E-state index contributed by atoms with van der Waals surface area (Å²) in [6.45, 7) is 4.42. The molecule has 0 radical (unpaired) electrons. The molecule has 0 aromatic carbocycles. The number of alkyl halides is 1. The average Bonchev–Trinajstić information content (AvgIpc) is 2.84. The fraction of sp³-hybridized carbons (Fsp3) is 0.692. The minimum absolute atomic E-state index is 0.178. The summed E-state index contributed by atoms with van der Waals surface area (Å²) in [5.74, 6) is 1.45. The van der Waals surface area contributed by atoms with Gasteiger partial charge in [-0.05, 0) is 32.6 Å². The summed E-state index contributed by atoms with van der Waals surface area (Å²) in [7, 11) is 2.00. The molecule has 2 aromatic heterocycles. The first-order chi connectivity index (χ1) is 8.60. The number of nitrogens with zero attached hydrogens (tertiary/aromatic N) is 4. The number of hydrogen-bond acceptors (Lipinski definition) is 2. The first-order valence-corrected chi connectivity index (χ1v) is 7.14. The second-order valence-electron chi connectivity index (χ2n) is 5.44. The van der Waals surface area contributed by atoms with Gasteiger partial charge in [-0.15, -0.1) is 11.6 Å². The van der Waals surface area contributed by atoms with Crippen molar-refractivity contribution in [2.75, 3.05) is 0 Å². The van der Waals surface area contributed by atoms with Gasteiger partial charge in [-0.25, -0.2) is 4.98 Å². The number of aryl methyl sites for hydroxylation is 2. The van der Waals surface area contributed by atoms with E-state index in [9.17, 15) is 0 Å². The van der Waals surface area contributed by atoms with Crippen molar-refractivity contribution in [3.05, 3.63) is 11.5 Å². The number of hydrogen-bond donors (Lipinski definition) is 0. The third-order valence-corrected chi connectivity index (χ3v) is 4.44. The van der Waals surface area contributed by atoms with Crippen LogP contribution in [0, 0.1) is 0 Å². The number of halogens is 1. The van der Waals surface area contributed by atoms with E-state index in [0.29, 0.717) is 5.88 Å². The highest BCUT2D eigenvalue weighted by atomic mass is 35.5. The van der Waals surface area contributed by atoms with Crippen molar-refractivity contribution in [1.29, 1.82) is 0 Å². The highest BCUT2D eigenvalue weighted by molar-refractivity contribution is 6.16. The van der Waals surface area contributed by atoms with Crippen molar-refractivity contribution in [3.63, 3.8) is 0 Å². The van der Waals surface area contributed by atoms with E-state index < -0.39 is 0 Å². The zero-order valence-electron chi connectivity index (χ0n) is 11.2. The Morgan fingerprint density at radius 3 is 2.61 bits per heavy atom. The van der Waals surface area contributed by atoms with Crippen molar-refractivity contribution >= 4 is 22.8 Å². The summed E-state index contributed by atoms with van der Waals surface area (Å²) in [4.78, 5) is 4.72. The van der Waals surface area contributed by atoms with E-state index >= 15 is 0 Å². The summed E-state index contributed by atoms with van der Waals surface area (Å²) in [6, 6.07) is 0. The lowest BCUT2D eigenvalue weighted by atomic mass is 9.78. The van der Waals surface area contributed by atoms with Gasteiger partial charge in [0.25, 0.3) is 0 Å². The predicted molar refractivity (Wildman–Crippen MR) is 72.9 cm³/mol. The third kappa shape index (κ3) is 1.44. The lowest BCUT2D eigenvalue weighted by Crippen LogP contribution is -2.38. The van der Waals surface area contributed by atoms with E-state index in [1.165, 1.54) is 19.3 Å². The van der Waals surface area contributed by atoms with E-state index in [1.54, 1.807) is 0 Å². The van der Waals surface area contributed by atoms with Crippen LogP contribution in [0.3, 0.4) is 0 Å². The summed E-state index contributed by atoms with van der Waals surface area (Å²) in [6.07, 6.45) is 4.60. The maximum atomic E-state index is 6.08. The molecule has 0 saturated heterocycles. The van der Waals surface area contributed by atoms with Gasteiger partial charge in [-0.2, -0.15) is 5.10 Å². The maximum Gasteiger partial charge on any atom is 0.159 e. The number of aromatic nitrogens is 4. The van der Waals surface area contributed by atoms with Crippen LogP contribution >= 0.6 is 11.6 Å². The monoisotopic (exact) mass is 266 g/mol. The molecule has 0 aliphatic heterocycles. The van der Waals surface area contributed by atoms with Gasteiger partial charge in [0.05, 0.1) is 11.6 Å². The Hall–Kier alpha value is -1.03. The van der Waals surface area contributed by atoms with E-state index in [-0.39, 0.29) is 5.54 Å². The molecular formula is C13H19ClN4. The molecule has 2 aromatic rings. The fourth-order valence-corrected chi connectivity index (χ4v) is 3.21. The molecule has 1 aliphatic rings. The Kier molecular flexibility index (Phi) is 2.66. The second-order valence-corrected chi connectivity index (χ2v) is 5.71. The van der Waals surface area contributed by atoms with Crippen LogP contribution in [0.25, 0.3) is 11.2 Å². The van der Waals surface area contributed by atoms with Crippen LogP contribution in [0.5, 0.6) is 0 Å². The van der Waals surface area contributed by atoms with Crippen molar-refractivity contribution in [1.82, 2.24) is 19.3 Å². The number of rotatable bonds is 3. The van der Waals surface area contributed by atoms with Crippen molar-refractivity contribution in [3.8, 4) is 0 Å². The third-order valence-electron chi connectivity index (χ3n) is 4.20. The number of imidazole rings is 1. The summed E-state index contributed by atoms with van der Waals surface area (Å²) in [5.41, 5.74) is 3.41. The largest absolute Gasteiger partial charge is 0.306 e. The lowest BCUT2D eigenvalue weighted by Gasteiger charge is -2.41. The molecule has 3 rings (SSSR count). The van der Waals surface area contributed by atoms with Gasteiger partial charge < -0.3 is 4.57 Å². The smallest absolute Gasteiger partial charge is 0.159 e. The molecule has 1 saturated carbocycles. The van der Waals surface area contributed by atoms with Crippen molar-refractivity contribution < 1.29 is 0 Å². The minimum atomic E-state index is 0.178. The van der Waals surface area contributed by atoms with E-state index in [0.717, 1.165) is 29.1 Å². The predicted octanol–water partition coefficient (Wildman–Crippen LogP) is 2.97. The molecule has 0 unspecified atom stereocenters. The first kappa shape index (κ1) is 12.0. The minimum Gasteiger partial charge on any atom is -0.306 e. The fourth-order valence-electron chi connectivity index (χ4n) is 3.03. The molecule has 4 nitrogen and oxygen atoms in total. The zero-order chi connectivity index (χ0) is 12.9. The number of fused-ring (bicyclic) bond motifs is 1. The summed E-state index contributed by atoms with van der Waals surface area (Å²) in [5, 5.41) is 4.57. The SMILES string of the molecule is CCc1nn(C)c2c1nc(CCl)n2C1(C)CCC1. The van der Waals surface area contributed by atoms with Crippen LogP contribution in [0.15, 0.2) is 0 Å². The molecule has 2 heterocycles. The summed E-state index contributed by atoms with van der Waals surface area (Å²) < 4.78 is 4.28. The van der Waals surface area contributed by atoms with Crippen LogP contribution in [0.1, 0.15) is 44.6 Å². The molecule has 98 valence electrons. The average molecular weight is 267 g/mol. The molecule has 0 bridgehead atoms. The quantitative estimate of drug-likeness (QED) is 0.801. The van der Waals surface area contributed by atoms with E-state index in [4.69, 9.17) is 16.6 Å². The normalized spacial score (nSPS) is 18.2. The van der Waals surface area contributed by atoms with Crippen molar-refractivity contribution in [2.24, 2.45) is 7.05 Å². The highest BCUT2D eigenvalue weighted by Crippen LogP contribution is 2.42. The van der Waals surface area contributed by atoms with Crippen LogP contribution in [0.2, 0.25) is 0 Å². The van der Waals surface area contributed by atoms with Crippen LogP contribution in [-0.4, -0.2) is 19.3 Å².